The van der Waals surface area contributed by atoms with Crippen molar-refractivity contribution in [2.24, 2.45) is 34.5 Å². The molecule has 2 fully saturated rings. The van der Waals surface area contributed by atoms with Gasteiger partial charge in [0, 0.05) is 6.42 Å². The highest BCUT2D eigenvalue weighted by Crippen LogP contribution is 2.64. The zero-order valence-corrected chi connectivity index (χ0v) is 13.3. The van der Waals surface area contributed by atoms with Gasteiger partial charge in [-0.15, -0.1) is 0 Å². The summed E-state index contributed by atoms with van der Waals surface area (Å²) in [5.41, 5.74) is 0.663. The van der Waals surface area contributed by atoms with Crippen molar-refractivity contribution in [2.45, 2.75) is 58.2 Å². The van der Waals surface area contributed by atoms with Crippen LogP contribution in [-0.4, -0.2) is 16.0 Å². The normalized spacial score (nSPS) is 53.9. The van der Waals surface area contributed by atoms with E-state index in [1.807, 2.05) is 0 Å². The third-order valence-electron chi connectivity index (χ3n) is 7.52. The third-order valence-corrected chi connectivity index (χ3v) is 7.52. The topological polar surface area (TPSA) is 40.5 Å². The minimum Gasteiger partial charge on any atom is -0.362 e. The summed E-state index contributed by atoms with van der Waals surface area (Å²) < 4.78 is 0. The SMILES string of the molecule is C[C@@]12CC=C[C@H]1[C@@H]1CC[C@@H]3CC(O)(O)C=C[C@]3(C)[C@H]1CC2. The smallest absolute Gasteiger partial charge is 0.182 e. The van der Waals surface area contributed by atoms with E-state index in [9.17, 15) is 10.2 Å². The van der Waals surface area contributed by atoms with Gasteiger partial charge in [-0.2, -0.15) is 0 Å². The minimum atomic E-state index is -1.58. The monoisotopic (exact) mass is 288 g/mol. The summed E-state index contributed by atoms with van der Waals surface area (Å²) in [7, 11) is 0. The van der Waals surface area contributed by atoms with Crippen LogP contribution >= 0.6 is 0 Å². The molecule has 2 saturated carbocycles. The predicted octanol–water partition coefficient (Wildman–Crippen LogP) is 3.65. The van der Waals surface area contributed by atoms with Crippen molar-refractivity contribution in [1.29, 1.82) is 0 Å². The molecule has 6 atom stereocenters. The van der Waals surface area contributed by atoms with Gasteiger partial charge >= 0.3 is 0 Å². The second-order valence-corrected chi connectivity index (χ2v) is 8.68. The molecular weight excluding hydrogens is 260 g/mol. The van der Waals surface area contributed by atoms with Crippen molar-refractivity contribution < 1.29 is 10.2 Å². The largest absolute Gasteiger partial charge is 0.362 e. The van der Waals surface area contributed by atoms with E-state index < -0.39 is 5.79 Å². The highest BCUT2D eigenvalue weighted by molar-refractivity contribution is 5.21. The van der Waals surface area contributed by atoms with Crippen LogP contribution in [0.5, 0.6) is 0 Å². The Labute approximate surface area is 127 Å². The molecule has 2 N–H and O–H groups in total. The van der Waals surface area contributed by atoms with Gasteiger partial charge in [0.25, 0.3) is 0 Å². The quantitative estimate of drug-likeness (QED) is 0.527. The van der Waals surface area contributed by atoms with Gasteiger partial charge in [-0.25, -0.2) is 0 Å². The Bertz CT molecular complexity index is 506. The molecule has 0 aromatic carbocycles. The van der Waals surface area contributed by atoms with Gasteiger partial charge < -0.3 is 10.2 Å². The van der Waals surface area contributed by atoms with Crippen molar-refractivity contribution in [1.82, 2.24) is 0 Å². The maximum absolute atomic E-state index is 9.97. The average Bonchev–Trinajstić information content (AvgIpc) is 2.81. The van der Waals surface area contributed by atoms with Gasteiger partial charge in [-0.1, -0.05) is 32.1 Å². The van der Waals surface area contributed by atoms with Gasteiger partial charge in [0.15, 0.2) is 5.79 Å². The van der Waals surface area contributed by atoms with Crippen LogP contribution in [0.3, 0.4) is 0 Å². The maximum Gasteiger partial charge on any atom is 0.182 e. The first-order valence-corrected chi connectivity index (χ1v) is 8.66. The summed E-state index contributed by atoms with van der Waals surface area (Å²) in [6.45, 7) is 4.85. The molecule has 0 saturated heterocycles. The highest BCUT2D eigenvalue weighted by Gasteiger charge is 2.57. The Balaban J connectivity index is 1.69. The van der Waals surface area contributed by atoms with Crippen LogP contribution in [0.25, 0.3) is 0 Å². The van der Waals surface area contributed by atoms with Crippen molar-refractivity contribution in [3.05, 3.63) is 24.3 Å². The van der Waals surface area contributed by atoms with Gasteiger partial charge in [0.2, 0.25) is 0 Å². The molecule has 2 heteroatoms. The standard InChI is InChI=1S/C19H28O2/c1-17-8-3-4-15(17)14-6-5-13-12-19(20,21)11-10-18(13,2)16(14)7-9-17/h3-4,10-11,13-16,20-21H,5-9,12H2,1-2H3/t13-,14+,15+,16+,17+,18+/m1/s1. The Hall–Kier alpha value is -0.600. The number of hydrogen-bond donors (Lipinski definition) is 2. The van der Waals surface area contributed by atoms with Crippen LogP contribution in [-0.2, 0) is 0 Å². The molecule has 0 amide bonds. The van der Waals surface area contributed by atoms with E-state index in [2.05, 4.69) is 32.1 Å². The summed E-state index contributed by atoms with van der Waals surface area (Å²) in [6, 6.07) is 0. The molecule has 0 aliphatic heterocycles. The molecule has 0 radical (unpaired) electrons. The van der Waals surface area contributed by atoms with E-state index in [0.717, 1.165) is 18.3 Å². The lowest BCUT2D eigenvalue weighted by Gasteiger charge is -2.59. The lowest BCUT2D eigenvalue weighted by Crippen LogP contribution is -2.53. The highest BCUT2D eigenvalue weighted by atomic mass is 16.5. The molecule has 0 heterocycles. The molecule has 4 aliphatic rings. The van der Waals surface area contributed by atoms with Crippen LogP contribution in [0.4, 0.5) is 0 Å². The van der Waals surface area contributed by atoms with E-state index in [0.29, 0.717) is 23.7 Å². The van der Waals surface area contributed by atoms with E-state index in [1.165, 1.54) is 25.7 Å². The first-order valence-electron chi connectivity index (χ1n) is 8.66. The number of fused-ring (bicyclic) bond motifs is 5. The predicted molar refractivity (Wildman–Crippen MR) is 83.3 cm³/mol. The molecule has 116 valence electrons. The summed E-state index contributed by atoms with van der Waals surface area (Å²) >= 11 is 0. The Morgan fingerprint density at radius 1 is 1.05 bits per heavy atom. The molecule has 0 bridgehead atoms. The third kappa shape index (κ3) is 1.91. The van der Waals surface area contributed by atoms with E-state index in [-0.39, 0.29) is 5.41 Å². The second kappa shape index (κ2) is 4.23. The van der Waals surface area contributed by atoms with Crippen molar-refractivity contribution >= 4 is 0 Å². The summed E-state index contributed by atoms with van der Waals surface area (Å²) in [5, 5.41) is 19.9. The molecule has 4 rings (SSSR count). The van der Waals surface area contributed by atoms with E-state index in [4.69, 9.17) is 0 Å². The molecule has 21 heavy (non-hydrogen) atoms. The zero-order chi connectivity index (χ0) is 14.9. The van der Waals surface area contributed by atoms with Crippen molar-refractivity contribution in [2.75, 3.05) is 0 Å². The average molecular weight is 288 g/mol. The van der Waals surface area contributed by atoms with Crippen LogP contribution in [0.2, 0.25) is 0 Å². The van der Waals surface area contributed by atoms with Crippen LogP contribution in [0, 0.1) is 34.5 Å². The van der Waals surface area contributed by atoms with Crippen LogP contribution in [0.15, 0.2) is 24.3 Å². The first-order chi connectivity index (χ1) is 9.84. The number of aliphatic hydroxyl groups is 2. The molecule has 0 spiro atoms. The van der Waals surface area contributed by atoms with Crippen molar-refractivity contribution in [3.63, 3.8) is 0 Å². The van der Waals surface area contributed by atoms with Gasteiger partial charge in [0.05, 0.1) is 0 Å². The Kier molecular flexibility index (Phi) is 2.83. The fraction of sp³-hybridized carbons (Fsp3) is 0.789. The fourth-order valence-corrected chi connectivity index (χ4v) is 6.22. The summed E-state index contributed by atoms with van der Waals surface area (Å²) in [6.07, 6.45) is 15.5. The van der Waals surface area contributed by atoms with Gasteiger partial charge in [-0.05, 0) is 72.7 Å². The van der Waals surface area contributed by atoms with E-state index >= 15 is 0 Å². The lowest BCUT2D eigenvalue weighted by molar-refractivity contribution is -0.166. The molecule has 2 nitrogen and oxygen atoms in total. The maximum atomic E-state index is 9.97. The number of allylic oxidation sites excluding steroid dienone is 3. The van der Waals surface area contributed by atoms with Crippen LogP contribution < -0.4 is 0 Å². The zero-order valence-electron chi connectivity index (χ0n) is 13.3. The minimum absolute atomic E-state index is 0.162. The number of hydrogen-bond acceptors (Lipinski definition) is 2. The van der Waals surface area contributed by atoms with Crippen molar-refractivity contribution in [3.8, 4) is 0 Å². The first kappa shape index (κ1) is 14.0. The molecule has 0 aromatic heterocycles. The van der Waals surface area contributed by atoms with Gasteiger partial charge in [-0.3, -0.25) is 0 Å². The van der Waals surface area contributed by atoms with Crippen LogP contribution in [0.1, 0.15) is 52.4 Å². The van der Waals surface area contributed by atoms with E-state index in [1.54, 1.807) is 6.08 Å². The summed E-state index contributed by atoms with van der Waals surface area (Å²) in [5.74, 6) is 1.10. The lowest BCUT2D eigenvalue weighted by atomic mass is 9.46. The second-order valence-electron chi connectivity index (χ2n) is 8.68. The fourth-order valence-electron chi connectivity index (χ4n) is 6.22. The summed E-state index contributed by atoms with van der Waals surface area (Å²) in [4.78, 5) is 0. The molecule has 0 unspecified atom stereocenters. The molecular formula is C19H28O2. The Morgan fingerprint density at radius 2 is 1.86 bits per heavy atom. The van der Waals surface area contributed by atoms with Gasteiger partial charge in [0.1, 0.15) is 0 Å². The number of rotatable bonds is 0. The molecule has 4 aliphatic carbocycles. The molecule has 0 aromatic rings. The Morgan fingerprint density at radius 3 is 2.67 bits per heavy atom.